The van der Waals surface area contributed by atoms with Crippen molar-refractivity contribution in [3.05, 3.63) is 40.2 Å². The summed E-state index contributed by atoms with van der Waals surface area (Å²) in [7, 11) is -2.41. The fourth-order valence-electron chi connectivity index (χ4n) is 1.50. The Morgan fingerprint density at radius 2 is 2.10 bits per heavy atom. The van der Waals surface area contributed by atoms with Crippen LogP contribution in [-0.4, -0.2) is 26.6 Å². The highest BCUT2D eigenvalue weighted by molar-refractivity contribution is 7.94. The predicted octanol–water partition coefficient (Wildman–Crippen LogP) is 2.91. The Kier molecular flexibility index (Phi) is 4.40. The van der Waals surface area contributed by atoms with Gasteiger partial charge >= 0.3 is 5.97 Å². The first-order valence-electron chi connectivity index (χ1n) is 5.51. The SMILES string of the molecule is COc1ccc(NS(=O)(=O)c2cc(C(=O)O)cs2)cc1Cl. The van der Waals surface area contributed by atoms with Crippen molar-refractivity contribution in [2.75, 3.05) is 11.8 Å². The molecule has 2 rings (SSSR count). The van der Waals surface area contributed by atoms with Crippen molar-refractivity contribution in [2.24, 2.45) is 0 Å². The average Bonchev–Trinajstić information content (AvgIpc) is 2.89. The van der Waals surface area contributed by atoms with E-state index in [0.717, 1.165) is 17.4 Å². The van der Waals surface area contributed by atoms with Gasteiger partial charge in [-0.3, -0.25) is 4.72 Å². The Balaban J connectivity index is 2.28. The minimum absolute atomic E-state index is 0.0758. The molecule has 0 saturated heterocycles. The predicted molar refractivity (Wildman–Crippen MR) is 80.1 cm³/mol. The molecular formula is C12H10ClNO5S2. The number of sulfonamides is 1. The van der Waals surface area contributed by atoms with Gasteiger partial charge in [0.15, 0.2) is 0 Å². The van der Waals surface area contributed by atoms with Gasteiger partial charge in [0.2, 0.25) is 0 Å². The number of nitrogens with one attached hydrogen (secondary N) is 1. The van der Waals surface area contributed by atoms with Crippen LogP contribution in [0.1, 0.15) is 10.4 Å². The summed E-state index contributed by atoms with van der Waals surface area (Å²) >= 11 is 6.74. The van der Waals surface area contributed by atoms with E-state index in [-0.39, 0.29) is 20.5 Å². The maximum absolute atomic E-state index is 12.1. The van der Waals surface area contributed by atoms with Crippen molar-refractivity contribution >= 4 is 44.6 Å². The third-order valence-electron chi connectivity index (χ3n) is 2.49. The number of methoxy groups -OCH3 is 1. The van der Waals surface area contributed by atoms with Crippen molar-refractivity contribution in [3.63, 3.8) is 0 Å². The highest BCUT2D eigenvalue weighted by atomic mass is 35.5. The molecule has 0 atom stereocenters. The number of anilines is 1. The van der Waals surface area contributed by atoms with Crippen LogP contribution >= 0.6 is 22.9 Å². The molecule has 0 saturated carbocycles. The first-order chi connectivity index (χ1) is 9.83. The number of carboxylic acids is 1. The zero-order chi connectivity index (χ0) is 15.6. The second-order valence-corrected chi connectivity index (χ2v) is 7.14. The van der Waals surface area contributed by atoms with Gasteiger partial charge in [0.1, 0.15) is 9.96 Å². The minimum Gasteiger partial charge on any atom is -0.495 e. The Morgan fingerprint density at radius 3 is 2.62 bits per heavy atom. The Labute approximate surface area is 130 Å². The molecule has 2 N–H and O–H groups in total. The van der Waals surface area contributed by atoms with Crippen molar-refractivity contribution < 1.29 is 23.1 Å². The molecule has 1 aromatic heterocycles. The molecule has 0 aliphatic rings. The van der Waals surface area contributed by atoms with Crippen molar-refractivity contribution in [1.29, 1.82) is 0 Å². The van der Waals surface area contributed by atoms with E-state index in [1.165, 1.54) is 30.7 Å². The number of hydrogen-bond donors (Lipinski definition) is 2. The molecule has 9 heteroatoms. The fraction of sp³-hybridized carbons (Fsp3) is 0.0833. The first kappa shape index (κ1) is 15.6. The van der Waals surface area contributed by atoms with Crippen LogP contribution in [-0.2, 0) is 10.0 Å². The lowest BCUT2D eigenvalue weighted by Crippen LogP contribution is -2.11. The van der Waals surface area contributed by atoms with Gasteiger partial charge in [-0.15, -0.1) is 11.3 Å². The van der Waals surface area contributed by atoms with E-state index >= 15 is 0 Å². The molecule has 21 heavy (non-hydrogen) atoms. The van der Waals surface area contributed by atoms with Gasteiger partial charge in [-0.2, -0.15) is 0 Å². The Hall–Kier alpha value is -1.77. The molecule has 1 aromatic carbocycles. The van der Waals surface area contributed by atoms with Gasteiger partial charge < -0.3 is 9.84 Å². The largest absolute Gasteiger partial charge is 0.495 e. The standard InChI is InChI=1S/C12H10ClNO5S2/c1-19-10-3-2-8(5-9(10)13)14-21(17,18)11-4-7(6-20-11)12(15)16/h2-6,14H,1H3,(H,15,16). The smallest absolute Gasteiger partial charge is 0.336 e. The zero-order valence-corrected chi connectivity index (χ0v) is 13.1. The summed E-state index contributed by atoms with van der Waals surface area (Å²) in [5, 5.41) is 10.3. The minimum atomic E-state index is -3.86. The topological polar surface area (TPSA) is 92.7 Å². The summed E-state index contributed by atoms with van der Waals surface area (Å²) in [4.78, 5) is 10.8. The molecule has 0 fully saturated rings. The fourth-order valence-corrected chi connectivity index (χ4v) is 3.97. The van der Waals surface area contributed by atoms with E-state index in [9.17, 15) is 13.2 Å². The van der Waals surface area contributed by atoms with Crippen LogP contribution in [0.5, 0.6) is 5.75 Å². The lowest BCUT2D eigenvalue weighted by Gasteiger charge is -2.08. The molecule has 2 aromatic rings. The molecule has 112 valence electrons. The molecule has 6 nitrogen and oxygen atoms in total. The molecule has 1 heterocycles. The molecule has 0 spiro atoms. The number of carbonyl (C=O) groups is 1. The second kappa shape index (κ2) is 5.92. The Morgan fingerprint density at radius 1 is 1.38 bits per heavy atom. The summed E-state index contributed by atoms with van der Waals surface area (Å²) in [6.45, 7) is 0. The van der Waals surface area contributed by atoms with Crippen molar-refractivity contribution in [2.45, 2.75) is 4.21 Å². The van der Waals surface area contributed by atoms with Gasteiger partial charge in [-0.05, 0) is 24.3 Å². The monoisotopic (exact) mass is 347 g/mol. The normalized spacial score (nSPS) is 11.1. The van der Waals surface area contributed by atoms with Crippen LogP contribution in [0.25, 0.3) is 0 Å². The number of benzene rings is 1. The Bertz CT molecular complexity index is 785. The molecule has 0 bridgehead atoms. The van der Waals surface area contributed by atoms with E-state index in [2.05, 4.69) is 4.72 Å². The third kappa shape index (κ3) is 3.46. The number of halogens is 1. The maximum atomic E-state index is 12.1. The van der Waals surface area contributed by atoms with Crippen molar-refractivity contribution in [1.82, 2.24) is 0 Å². The maximum Gasteiger partial charge on any atom is 0.336 e. The summed E-state index contributed by atoms with van der Waals surface area (Å²) in [5.74, 6) is -0.760. The van der Waals surface area contributed by atoms with Crippen molar-refractivity contribution in [3.8, 4) is 5.75 Å². The average molecular weight is 348 g/mol. The molecule has 0 radical (unpaired) electrons. The number of thiophene rings is 1. The molecule has 0 aliphatic carbocycles. The van der Waals surface area contributed by atoms with Gasteiger partial charge in [-0.1, -0.05) is 11.6 Å². The molecular weight excluding hydrogens is 338 g/mol. The molecule has 0 unspecified atom stereocenters. The third-order valence-corrected chi connectivity index (χ3v) is 5.61. The van der Waals surface area contributed by atoms with E-state index in [1.807, 2.05) is 0 Å². The van der Waals surface area contributed by atoms with Crippen LogP contribution in [0.2, 0.25) is 5.02 Å². The van der Waals surface area contributed by atoms with Crippen LogP contribution in [0.3, 0.4) is 0 Å². The summed E-state index contributed by atoms with van der Waals surface area (Å²) in [5.41, 5.74) is 0.180. The van der Waals surface area contributed by atoms with Gasteiger partial charge in [0.25, 0.3) is 10.0 Å². The van der Waals surface area contributed by atoms with Gasteiger partial charge in [-0.25, -0.2) is 13.2 Å². The van der Waals surface area contributed by atoms with E-state index in [1.54, 1.807) is 0 Å². The second-order valence-electron chi connectivity index (χ2n) is 3.91. The lowest BCUT2D eigenvalue weighted by atomic mass is 10.3. The lowest BCUT2D eigenvalue weighted by molar-refractivity contribution is 0.0697. The van der Waals surface area contributed by atoms with Gasteiger partial charge in [0.05, 0.1) is 23.4 Å². The highest BCUT2D eigenvalue weighted by Crippen LogP contribution is 2.29. The van der Waals surface area contributed by atoms with E-state index < -0.39 is 16.0 Å². The van der Waals surface area contributed by atoms with Crippen LogP contribution in [0.4, 0.5) is 5.69 Å². The quantitative estimate of drug-likeness (QED) is 0.867. The van der Waals surface area contributed by atoms with Crippen LogP contribution in [0.15, 0.2) is 33.9 Å². The van der Waals surface area contributed by atoms with E-state index in [0.29, 0.717) is 5.75 Å². The van der Waals surface area contributed by atoms with Gasteiger partial charge in [0, 0.05) is 5.38 Å². The highest BCUT2D eigenvalue weighted by Gasteiger charge is 2.19. The molecule has 0 aliphatic heterocycles. The number of rotatable bonds is 5. The number of carboxylic acid groups (broad SMARTS) is 1. The number of ether oxygens (including phenoxy) is 1. The van der Waals surface area contributed by atoms with Crippen LogP contribution in [0, 0.1) is 0 Å². The summed E-state index contributed by atoms with van der Waals surface area (Å²) in [6.07, 6.45) is 0. The number of aromatic carboxylic acids is 1. The summed E-state index contributed by atoms with van der Waals surface area (Å²) in [6, 6.07) is 5.52. The van der Waals surface area contributed by atoms with Crippen LogP contribution < -0.4 is 9.46 Å². The first-order valence-corrected chi connectivity index (χ1v) is 8.26. The summed E-state index contributed by atoms with van der Waals surface area (Å²) < 4.78 is 31.5. The van der Waals surface area contributed by atoms with E-state index in [4.69, 9.17) is 21.4 Å². The zero-order valence-electron chi connectivity index (χ0n) is 10.7. The number of hydrogen-bond acceptors (Lipinski definition) is 5. The molecule has 0 amide bonds.